The highest BCUT2D eigenvalue weighted by Gasteiger charge is 2.42. The van der Waals surface area contributed by atoms with Crippen molar-refractivity contribution in [2.24, 2.45) is 10.9 Å². The summed E-state index contributed by atoms with van der Waals surface area (Å²) in [5.41, 5.74) is 7.16. The zero-order valence-corrected chi connectivity index (χ0v) is 19.0. The van der Waals surface area contributed by atoms with Crippen LogP contribution in [0.1, 0.15) is 0 Å². The number of amides is 2. The molecule has 9 nitrogen and oxygen atoms in total. The maximum Gasteiger partial charge on any atom is 0.241 e. The number of nitrogens with zero attached hydrogens (tertiary/aromatic N) is 2. The van der Waals surface area contributed by atoms with Gasteiger partial charge in [0.15, 0.2) is 5.17 Å². The molecular formula is C21H22ClN5O4S. The summed E-state index contributed by atoms with van der Waals surface area (Å²) in [5, 5.41) is 3.62. The number of hydrazine groups is 1. The van der Waals surface area contributed by atoms with E-state index in [4.69, 9.17) is 21.1 Å². The molecule has 0 saturated carbocycles. The van der Waals surface area contributed by atoms with Gasteiger partial charge in [0.25, 0.3) is 0 Å². The number of methoxy groups -OCH3 is 2. The summed E-state index contributed by atoms with van der Waals surface area (Å²) in [7, 11) is 3.09. The lowest BCUT2D eigenvalue weighted by Crippen LogP contribution is -2.49. The monoisotopic (exact) mass is 475 g/mol. The van der Waals surface area contributed by atoms with Crippen LogP contribution < -0.4 is 30.5 Å². The van der Waals surface area contributed by atoms with Crippen molar-refractivity contribution in [1.82, 2.24) is 10.9 Å². The van der Waals surface area contributed by atoms with Gasteiger partial charge in [-0.2, -0.15) is 0 Å². The molecule has 2 aromatic rings. The minimum Gasteiger partial charge on any atom is -0.497 e. The molecule has 2 atom stereocenters. The zero-order valence-electron chi connectivity index (χ0n) is 17.4. The van der Waals surface area contributed by atoms with Crippen LogP contribution in [0.25, 0.3) is 0 Å². The van der Waals surface area contributed by atoms with Gasteiger partial charge < -0.3 is 14.8 Å². The van der Waals surface area contributed by atoms with Crippen LogP contribution in [-0.4, -0.2) is 49.7 Å². The number of ether oxygens (including phenoxy) is 2. The minimum atomic E-state index is -0.392. The van der Waals surface area contributed by atoms with Gasteiger partial charge >= 0.3 is 0 Å². The van der Waals surface area contributed by atoms with E-state index in [0.29, 0.717) is 39.6 Å². The van der Waals surface area contributed by atoms with Crippen molar-refractivity contribution in [2.75, 3.05) is 36.7 Å². The number of hydrogen-bond donors (Lipinski definition) is 3. The Hall–Kier alpha value is -2.79. The number of aliphatic imine (C=N–C) groups is 1. The number of fused-ring (bicyclic) bond motifs is 1. The summed E-state index contributed by atoms with van der Waals surface area (Å²) in [6.07, 6.45) is -0.392. The highest BCUT2D eigenvalue weighted by atomic mass is 35.5. The molecule has 2 aromatic carbocycles. The second kappa shape index (κ2) is 9.78. The molecule has 168 valence electrons. The minimum absolute atomic E-state index is 0.0640. The maximum absolute atomic E-state index is 13.3. The van der Waals surface area contributed by atoms with E-state index in [0.717, 1.165) is 0 Å². The molecule has 2 heterocycles. The van der Waals surface area contributed by atoms with Gasteiger partial charge in [-0.15, -0.1) is 0 Å². The van der Waals surface area contributed by atoms with E-state index in [9.17, 15) is 9.59 Å². The zero-order chi connectivity index (χ0) is 22.7. The Kier molecular flexibility index (Phi) is 6.85. The van der Waals surface area contributed by atoms with Gasteiger partial charge in [0, 0.05) is 18.3 Å². The summed E-state index contributed by atoms with van der Waals surface area (Å²) in [5.74, 6) is 0.502. The molecule has 2 amide bonds. The van der Waals surface area contributed by atoms with Gasteiger partial charge in [-0.3, -0.25) is 19.9 Å². The second-order valence-electron chi connectivity index (χ2n) is 7.05. The molecule has 1 saturated heterocycles. The van der Waals surface area contributed by atoms with Crippen LogP contribution in [0.4, 0.5) is 11.4 Å². The highest BCUT2D eigenvalue weighted by molar-refractivity contribution is 8.14. The number of benzene rings is 2. The maximum atomic E-state index is 13.3. The van der Waals surface area contributed by atoms with Gasteiger partial charge in [-0.25, -0.2) is 10.4 Å². The number of hydrogen-bond acceptors (Lipinski definition) is 8. The smallest absolute Gasteiger partial charge is 0.241 e. The lowest BCUT2D eigenvalue weighted by Gasteiger charge is -2.32. The van der Waals surface area contributed by atoms with E-state index in [-0.39, 0.29) is 23.5 Å². The third-order valence-electron chi connectivity index (χ3n) is 5.01. The number of carbonyl (C=O) groups is 2. The van der Waals surface area contributed by atoms with E-state index in [2.05, 4.69) is 21.2 Å². The normalized spacial score (nSPS) is 19.9. The number of carbonyl (C=O) groups excluding carboxylic acids is 2. The number of amidine groups is 1. The standard InChI is InChI=1S/C21H22ClN5O4S/c1-30-14-5-3-4-12(8-14)24-18(28)11-32-21-25-19-15(10-23-26-19)20(29)27(21)13-6-7-17(31-2)16(22)9-13/h3-9,15,19,23,26H,10-11H2,1-2H3,(H,24,28). The van der Waals surface area contributed by atoms with Gasteiger partial charge in [0.1, 0.15) is 17.7 Å². The van der Waals surface area contributed by atoms with Crippen LogP contribution in [0.2, 0.25) is 5.02 Å². The average molecular weight is 476 g/mol. The van der Waals surface area contributed by atoms with E-state index >= 15 is 0 Å². The molecule has 2 aliphatic rings. The molecule has 2 aliphatic heterocycles. The molecular weight excluding hydrogens is 454 g/mol. The molecule has 11 heteroatoms. The van der Waals surface area contributed by atoms with E-state index in [1.54, 1.807) is 49.6 Å². The van der Waals surface area contributed by atoms with Crippen molar-refractivity contribution < 1.29 is 19.1 Å². The molecule has 1 fully saturated rings. The molecule has 0 aromatic heterocycles. The lowest BCUT2D eigenvalue weighted by atomic mass is 10.0. The summed E-state index contributed by atoms with van der Waals surface area (Å²) < 4.78 is 10.4. The first-order valence-electron chi connectivity index (χ1n) is 9.80. The first kappa shape index (κ1) is 22.4. The molecule has 2 unspecified atom stereocenters. The van der Waals surface area contributed by atoms with Crippen LogP contribution in [0.3, 0.4) is 0 Å². The van der Waals surface area contributed by atoms with Crippen molar-refractivity contribution in [3.63, 3.8) is 0 Å². The Labute approximate surface area is 194 Å². The first-order chi connectivity index (χ1) is 15.5. The third-order valence-corrected chi connectivity index (χ3v) is 6.26. The Morgan fingerprint density at radius 1 is 1.28 bits per heavy atom. The largest absolute Gasteiger partial charge is 0.497 e. The summed E-state index contributed by atoms with van der Waals surface area (Å²) in [6.45, 7) is 0.460. The van der Waals surface area contributed by atoms with Gasteiger partial charge in [0.2, 0.25) is 11.8 Å². The van der Waals surface area contributed by atoms with Gasteiger partial charge in [-0.1, -0.05) is 29.4 Å². The summed E-state index contributed by atoms with van der Waals surface area (Å²) in [4.78, 5) is 32.0. The Morgan fingerprint density at radius 2 is 2.12 bits per heavy atom. The third kappa shape index (κ3) is 4.68. The number of anilines is 2. The number of nitrogens with one attached hydrogen (secondary N) is 3. The number of halogens is 1. The molecule has 0 bridgehead atoms. The molecule has 32 heavy (non-hydrogen) atoms. The fraction of sp³-hybridized carbons (Fsp3) is 0.286. The fourth-order valence-electron chi connectivity index (χ4n) is 3.43. The number of rotatable bonds is 6. The number of thioether (sulfide) groups is 1. The predicted octanol–water partition coefficient (Wildman–Crippen LogP) is 2.48. The van der Waals surface area contributed by atoms with Crippen LogP contribution in [0.5, 0.6) is 11.5 Å². The highest BCUT2D eigenvalue weighted by Crippen LogP contribution is 2.34. The van der Waals surface area contributed by atoms with E-state index in [1.807, 2.05) is 0 Å². The SMILES string of the molecule is COc1cccc(NC(=O)CSC2=NC3NNCC3C(=O)N2c2ccc(OC)c(Cl)c2)c1. The van der Waals surface area contributed by atoms with Crippen LogP contribution in [0, 0.1) is 5.92 Å². The van der Waals surface area contributed by atoms with Crippen molar-refractivity contribution in [2.45, 2.75) is 6.17 Å². The second-order valence-corrected chi connectivity index (χ2v) is 8.40. The van der Waals surface area contributed by atoms with Gasteiger partial charge in [-0.05, 0) is 30.3 Å². The molecule has 0 radical (unpaired) electrons. The lowest BCUT2D eigenvalue weighted by molar-refractivity contribution is -0.121. The van der Waals surface area contributed by atoms with Crippen LogP contribution >= 0.6 is 23.4 Å². The Bertz CT molecular complexity index is 1070. The molecule has 4 rings (SSSR count). The van der Waals surface area contributed by atoms with E-state index < -0.39 is 6.17 Å². The van der Waals surface area contributed by atoms with Crippen molar-refractivity contribution in [3.8, 4) is 11.5 Å². The van der Waals surface area contributed by atoms with E-state index in [1.165, 1.54) is 23.8 Å². The average Bonchev–Trinajstić information content (AvgIpc) is 3.27. The van der Waals surface area contributed by atoms with Crippen LogP contribution in [-0.2, 0) is 9.59 Å². The Morgan fingerprint density at radius 3 is 2.88 bits per heavy atom. The summed E-state index contributed by atoms with van der Waals surface area (Å²) in [6, 6.07) is 12.2. The molecule has 0 aliphatic carbocycles. The summed E-state index contributed by atoms with van der Waals surface area (Å²) >= 11 is 7.47. The van der Waals surface area contributed by atoms with Crippen molar-refractivity contribution in [1.29, 1.82) is 0 Å². The molecule has 0 spiro atoms. The topological polar surface area (TPSA) is 104 Å². The first-order valence-corrected chi connectivity index (χ1v) is 11.2. The molecule has 3 N–H and O–H groups in total. The van der Waals surface area contributed by atoms with Gasteiger partial charge in [0.05, 0.1) is 36.6 Å². The quantitative estimate of drug-likeness (QED) is 0.589. The van der Waals surface area contributed by atoms with Crippen molar-refractivity contribution >= 4 is 51.7 Å². The Balaban J connectivity index is 1.53. The predicted molar refractivity (Wildman–Crippen MR) is 125 cm³/mol. The van der Waals surface area contributed by atoms with Crippen LogP contribution in [0.15, 0.2) is 47.5 Å². The fourth-order valence-corrected chi connectivity index (χ4v) is 4.53. The van der Waals surface area contributed by atoms with Crippen molar-refractivity contribution in [3.05, 3.63) is 47.5 Å².